The van der Waals surface area contributed by atoms with Gasteiger partial charge < -0.3 is 10.5 Å². The first kappa shape index (κ1) is 14.8. The molecule has 1 rings (SSSR count). The summed E-state index contributed by atoms with van der Waals surface area (Å²) in [6.07, 6.45) is 0. The molecule has 0 saturated carbocycles. The third-order valence-electron chi connectivity index (χ3n) is 2.37. The first-order valence-corrected chi connectivity index (χ1v) is 5.81. The molecule has 0 amide bonds. The third-order valence-corrected chi connectivity index (χ3v) is 2.37. The predicted molar refractivity (Wildman–Crippen MR) is 72.2 cm³/mol. The fraction of sp³-hybridized carbons (Fsp3) is 0.571. The van der Waals surface area contributed by atoms with E-state index in [1.165, 1.54) is 5.56 Å². The van der Waals surface area contributed by atoms with E-state index in [1.54, 1.807) is 7.11 Å². The van der Waals surface area contributed by atoms with Gasteiger partial charge in [-0.3, -0.25) is 0 Å². The lowest BCUT2D eigenvalue weighted by molar-refractivity contribution is 0.413. The maximum absolute atomic E-state index is 5.90. The summed E-state index contributed by atoms with van der Waals surface area (Å²) in [5.74, 6) is 0.790. The minimum atomic E-state index is 0.130. The van der Waals surface area contributed by atoms with Crippen LogP contribution in [0.5, 0.6) is 5.75 Å². The normalized spacial score (nSPS) is 10.4. The van der Waals surface area contributed by atoms with Gasteiger partial charge in [0.1, 0.15) is 5.75 Å². The second-order valence-electron chi connectivity index (χ2n) is 4.67. The topological polar surface area (TPSA) is 35.2 Å². The van der Waals surface area contributed by atoms with Crippen molar-refractivity contribution in [3.05, 3.63) is 23.3 Å². The Morgan fingerprint density at radius 1 is 1.12 bits per heavy atom. The Morgan fingerprint density at radius 2 is 1.62 bits per heavy atom. The Balaban J connectivity index is 0.00000106. The number of methoxy groups -OCH3 is 1. The van der Waals surface area contributed by atoms with E-state index in [0.29, 0.717) is 0 Å². The maximum Gasteiger partial charge on any atom is 0.144 e. The number of nitrogen functional groups attached to an aromatic ring is 1. The summed E-state index contributed by atoms with van der Waals surface area (Å²) in [6, 6.07) is 4.13. The van der Waals surface area contributed by atoms with E-state index in [1.807, 2.05) is 26.8 Å². The molecule has 0 atom stereocenters. The molecule has 2 nitrogen and oxygen atoms in total. The van der Waals surface area contributed by atoms with Gasteiger partial charge in [-0.1, -0.05) is 40.7 Å². The van der Waals surface area contributed by atoms with Crippen molar-refractivity contribution in [1.29, 1.82) is 0 Å². The van der Waals surface area contributed by atoms with Gasteiger partial charge in [0, 0.05) is 0 Å². The molecule has 0 saturated heterocycles. The van der Waals surface area contributed by atoms with E-state index in [2.05, 4.69) is 26.8 Å². The van der Waals surface area contributed by atoms with Crippen LogP contribution in [-0.2, 0) is 5.41 Å². The minimum absolute atomic E-state index is 0.130. The highest BCUT2D eigenvalue weighted by Gasteiger charge is 2.16. The molecule has 1 aromatic carbocycles. The van der Waals surface area contributed by atoms with E-state index in [9.17, 15) is 0 Å². The molecule has 0 bridgehead atoms. The lowest BCUT2D eigenvalue weighted by Gasteiger charge is -2.21. The van der Waals surface area contributed by atoms with Crippen molar-refractivity contribution in [3.63, 3.8) is 0 Å². The van der Waals surface area contributed by atoms with Crippen LogP contribution in [0, 0.1) is 6.92 Å². The number of rotatable bonds is 1. The first-order chi connectivity index (χ1) is 7.36. The second-order valence-corrected chi connectivity index (χ2v) is 4.67. The largest absolute Gasteiger partial charge is 0.494 e. The van der Waals surface area contributed by atoms with E-state index in [4.69, 9.17) is 10.5 Å². The molecule has 0 unspecified atom stereocenters. The van der Waals surface area contributed by atoms with Crippen LogP contribution < -0.4 is 10.5 Å². The predicted octanol–water partition coefficient (Wildman–Crippen LogP) is 3.91. The molecule has 2 heteroatoms. The standard InChI is InChI=1S/C12H19NO.C2H6/c1-8-6-9(12(2,3)4)7-10(13)11(8)14-5;1-2/h6-7H,13H2,1-5H3;1-2H3. The summed E-state index contributed by atoms with van der Waals surface area (Å²) in [5, 5.41) is 0. The van der Waals surface area contributed by atoms with E-state index >= 15 is 0 Å². The van der Waals surface area contributed by atoms with Crippen LogP contribution in [0.4, 0.5) is 5.69 Å². The summed E-state index contributed by atoms with van der Waals surface area (Å²) in [5.41, 5.74) is 9.09. The molecule has 92 valence electrons. The van der Waals surface area contributed by atoms with E-state index in [0.717, 1.165) is 17.0 Å². The van der Waals surface area contributed by atoms with Crippen LogP contribution >= 0.6 is 0 Å². The van der Waals surface area contributed by atoms with Crippen LogP contribution in [0.25, 0.3) is 0 Å². The Labute approximate surface area is 99.8 Å². The highest BCUT2D eigenvalue weighted by molar-refractivity contribution is 5.59. The Hall–Kier alpha value is -1.18. The van der Waals surface area contributed by atoms with Crippen molar-refractivity contribution in [2.45, 2.75) is 47.0 Å². The molecular weight excluding hydrogens is 198 g/mol. The zero-order valence-electron chi connectivity index (χ0n) is 11.6. The van der Waals surface area contributed by atoms with Crippen molar-refractivity contribution in [3.8, 4) is 5.75 Å². The van der Waals surface area contributed by atoms with Gasteiger partial charge in [0.05, 0.1) is 12.8 Å². The number of ether oxygens (including phenoxy) is 1. The Kier molecular flexibility index (Phi) is 5.36. The van der Waals surface area contributed by atoms with Gasteiger partial charge >= 0.3 is 0 Å². The quantitative estimate of drug-likeness (QED) is 0.733. The second kappa shape index (κ2) is 5.78. The average Bonchev–Trinajstić information content (AvgIpc) is 2.19. The SMILES string of the molecule is CC.COc1c(C)cc(C(C)(C)C)cc1N. The molecule has 0 fully saturated rings. The van der Waals surface area contributed by atoms with Crippen molar-refractivity contribution in [1.82, 2.24) is 0 Å². The molecule has 1 aromatic rings. The van der Waals surface area contributed by atoms with Crippen molar-refractivity contribution >= 4 is 5.69 Å². The summed E-state index contributed by atoms with van der Waals surface area (Å²) in [4.78, 5) is 0. The zero-order valence-corrected chi connectivity index (χ0v) is 11.6. The lowest BCUT2D eigenvalue weighted by atomic mass is 9.86. The lowest BCUT2D eigenvalue weighted by Crippen LogP contribution is -2.12. The first-order valence-electron chi connectivity index (χ1n) is 5.81. The van der Waals surface area contributed by atoms with Crippen LogP contribution in [0.15, 0.2) is 12.1 Å². The molecule has 0 aliphatic rings. The Morgan fingerprint density at radius 3 is 1.94 bits per heavy atom. The number of nitrogens with two attached hydrogens (primary N) is 1. The van der Waals surface area contributed by atoms with Crippen LogP contribution in [0.2, 0.25) is 0 Å². The Bertz CT molecular complexity index is 314. The smallest absolute Gasteiger partial charge is 0.144 e. The van der Waals surface area contributed by atoms with Gasteiger partial charge in [0.25, 0.3) is 0 Å². The summed E-state index contributed by atoms with van der Waals surface area (Å²) >= 11 is 0. The molecular formula is C14H25NO. The van der Waals surface area contributed by atoms with Gasteiger partial charge in [-0.25, -0.2) is 0 Å². The zero-order chi connectivity index (χ0) is 12.9. The molecule has 0 heterocycles. The van der Waals surface area contributed by atoms with Gasteiger partial charge in [-0.05, 0) is 29.5 Å². The van der Waals surface area contributed by atoms with E-state index in [-0.39, 0.29) is 5.41 Å². The highest BCUT2D eigenvalue weighted by Crippen LogP contribution is 2.32. The molecule has 0 aliphatic heterocycles. The molecule has 2 N–H and O–H groups in total. The number of anilines is 1. The summed E-state index contributed by atoms with van der Waals surface area (Å²) in [7, 11) is 1.65. The monoisotopic (exact) mass is 223 g/mol. The maximum atomic E-state index is 5.90. The minimum Gasteiger partial charge on any atom is -0.494 e. The van der Waals surface area contributed by atoms with Gasteiger partial charge in [0.2, 0.25) is 0 Å². The number of hydrogen-bond acceptors (Lipinski definition) is 2. The van der Waals surface area contributed by atoms with Crippen molar-refractivity contribution in [2.24, 2.45) is 0 Å². The summed E-state index contributed by atoms with van der Waals surface area (Å²) < 4.78 is 5.22. The number of aryl methyl sites for hydroxylation is 1. The van der Waals surface area contributed by atoms with Crippen molar-refractivity contribution < 1.29 is 4.74 Å². The molecule has 0 radical (unpaired) electrons. The number of hydrogen-bond donors (Lipinski definition) is 1. The molecule has 0 aromatic heterocycles. The van der Waals surface area contributed by atoms with Gasteiger partial charge in [-0.2, -0.15) is 0 Å². The van der Waals surface area contributed by atoms with Crippen LogP contribution in [-0.4, -0.2) is 7.11 Å². The average molecular weight is 223 g/mol. The van der Waals surface area contributed by atoms with Gasteiger partial charge in [0.15, 0.2) is 0 Å². The summed E-state index contributed by atoms with van der Waals surface area (Å²) in [6.45, 7) is 12.5. The van der Waals surface area contributed by atoms with Gasteiger partial charge in [-0.15, -0.1) is 0 Å². The van der Waals surface area contributed by atoms with E-state index < -0.39 is 0 Å². The third kappa shape index (κ3) is 3.44. The molecule has 16 heavy (non-hydrogen) atoms. The van der Waals surface area contributed by atoms with Crippen molar-refractivity contribution in [2.75, 3.05) is 12.8 Å². The molecule has 0 spiro atoms. The molecule has 0 aliphatic carbocycles. The number of benzene rings is 1. The highest BCUT2D eigenvalue weighted by atomic mass is 16.5. The van der Waals surface area contributed by atoms with Crippen LogP contribution in [0.1, 0.15) is 45.7 Å². The fourth-order valence-electron chi connectivity index (χ4n) is 1.51. The van der Waals surface area contributed by atoms with Crippen LogP contribution in [0.3, 0.4) is 0 Å². The fourth-order valence-corrected chi connectivity index (χ4v) is 1.51.